The monoisotopic (exact) mass is 211 g/mol. The summed E-state index contributed by atoms with van der Waals surface area (Å²) in [6, 6.07) is 0. The van der Waals surface area contributed by atoms with E-state index in [1.807, 2.05) is 6.92 Å². The van der Waals surface area contributed by atoms with Gasteiger partial charge >= 0.3 is 0 Å². The van der Waals surface area contributed by atoms with Gasteiger partial charge in [0.1, 0.15) is 0 Å². The van der Waals surface area contributed by atoms with Gasteiger partial charge in [-0.05, 0) is 24.1 Å². The minimum atomic E-state index is -0.686. The number of hydrogen-bond donors (Lipinski definition) is 2. The Labute approximate surface area is 88.7 Å². The molecule has 1 fully saturated rings. The molecule has 0 bridgehead atoms. The second-order valence-electron chi connectivity index (χ2n) is 4.33. The summed E-state index contributed by atoms with van der Waals surface area (Å²) in [6.45, 7) is 3.74. The van der Waals surface area contributed by atoms with Crippen LogP contribution in [-0.2, 0) is 13.5 Å². The van der Waals surface area contributed by atoms with Crippen molar-refractivity contribution >= 4 is 0 Å². The minimum absolute atomic E-state index is 0.218. The Morgan fingerprint density at radius 3 is 3.07 bits per heavy atom. The lowest BCUT2D eigenvalue weighted by Gasteiger charge is -2.37. The molecule has 1 aromatic rings. The maximum absolute atomic E-state index is 10.4. The first-order valence-electron chi connectivity index (χ1n) is 5.26. The lowest BCUT2D eigenvalue weighted by Crippen LogP contribution is -2.50. The van der Waals surface area contributed by atoms with Gasteiger partial charge in [0, 0.05) is 13.0 Å². The quantitative estimate of drug-likeness (QED) is 0.664. The van der Waals surface area contributed by atoms with E-state index in [2.05, 4.69) is 20.7 Å². The van der Waals surface area contributed by atoms with Gasteiger partial charge in [0.25, 0.3) is 0 Å². The fraction of sp³-hybridized carbons (Fsp3) is 0.889. The van der Waals surface area contributed by atoms with E-state index in [9.17, 15) is 5.11 Å². The van der Waals surface area contributed by atoms with Crippen molar-refractivity contribution in [1.82, 2.24) is 25.5 Å². The predicted octanol–water partition coefficient (Wildman–Crippen LogP) is -0.887. The molecular formula is C9H17N5O. The van der Waals surface area contributed by atoms with E-state index >= 15 is 0 Å². The molecule has 0 radical (unpaired) electrons. The van der Waals surface area contributed by atoms with Crippen molar-refractivity contribution in [2.45, 2.75) is 25.4 Å². The molecule has 1 aliphatic rings. The number of nitrogens with one attached hydrogen (secondary N) is 1. The zero-order valence-electron chi connectivity index (χ0n) is 9.14. The summed E-state index contributed by atoms with van der Waals surface area (Å²) in [5, 5.41) is 25.5. The van der Waals surface area contributed by atoms with Gasteiger partial charge in [-0.25, -0.2) is 0 Å². The molecule has 0 spiro atoms. The summed E-state index contributed by atoms with van der Waals surface area (Å²) in [5.41, 5.74) is -0.686. The molecule has 6 heteroatoms. The fourth-order valence-electron chi connectivity index (χ4n) is 1.99. The molecule has 0 saturated carbocycles. The van der Waals surface area contributed by atoms with Crippen LogP contribution in [0.25, 0.3) is 0 Å². The SMILES string of the molecule is CC1CNCCC1(O)Cc1nnn(C)n1. The van der Waals surface area contributed by atoms with E-state index in [0.29, 0.717) is 12.2 Å². The summed E-state index contributed by atoms with van der Waals surface area (Å²) < 4.78 is 0. The van der Waals surface area contributed by atoms with Crippen molar-refractivity contribution in [3.05, 3.63) is 5.82 Å². The number of nitrogens with zero attached hydrogens (tertiary/aromatic N) is 4. The smallest absolute Gasteiger partial charge is 0.177 e. The van der Waals surface area contributed by atoms with Crippen LogP contribution in [0.3, 0.4) is 0 Å². The highest BCUT2D eigenvalue weighted by Gasteiger charge is 2.37. The Hall–Kier alpha value is -1.01. The minimum Gasteiger partial charge on any atom is -0.389 e. The van der Waals surface area contributed by atoms with Crippen LogP contribution in [0.2, 0.25) is 0 Å². The van der Waals surface area contributed by atoms with Gasteiger partial charge in [-0.3, -0.25) is 0 Å². The molecule has 1 aromatic heterocycles. The van der Waals surface area contributed by atoms with Gasteiger partial charge in [-0.1, -0.05) is 6.92 Å². The number of aliphatic hydroxyl groups is 1. The van der Waals surface area contributed by atoms with E-state index in [0.717, 1.165) is 19.5 Å². The summed E-state index contributed by atoms with van der Waals surface area (Å²) in [4.78, 5) is 1.42. The standard InChI is InChI=1S/C9H17N5O/c1-7-6-10-4-3-9(7,15)5-8-11-13-14(2)12-8/h7,10,15H,3-6H2,1-2H3. The lowest BCUT2D eigenvalue weighted by molar-refractivity contribution is -0.0345. The molecule has 0 aromatic carbocycles. The molecule has 0 aliphatic carbocycles. The molecule has 2 rings (SSSR count). The topological polar surface area (TPSA) is 75.9 Å². The highest BCUT2D eigenvalue weighted by atomic mass is 16.3. The maximum atomic E-state index is 10.4. The van der Waals surface area contributed by atoms with Gasteiger partial charge in [-0.15, -0.1) is 10.2 Å². The summed E-state index contributed by atoms with van der Waals surface area (Å²) in [6.07, 6.45) is 1.23. The lowest BCUT2D eigenvalue weighted by atomic mass is 9.80. The Balaban J connectivity index is 2.08. The highest BCUT2D eigenvalue weighted by Crippen LogP contribution is 2.26. The molecule has 0 amide bonds. The summed E-state index contributed by atoms with van der Waals surface area (Å²) in [7, 11) is 1.73. The van der Waals surface area contributed by atoms with Crippen molar-refractivity contribution < 1.29 is 5.11 Å². The molecule has 1 saturated heterocycles. The van der Waals surface area contributed by atoms with Crippen LogP contribution >= 0.6 is 0 Å². The predicted molar refractivity (Wildman–Crippen MR) is 54.1 cm³/mol. The van der Waals surface area contributed by atoms with Crippen LogP contribution in [0.1, 0.15) is 19.2 Å². The fourth-order valence-corrected chi connectivity index (χ4v) is 1.99. The molecule has 2 heterocycles. The first-order chi connectivity index (χ1) is 7.10. The highest BCUT2D eigenvalue weighted by molar-refractivity contribution is 4.97. The van der Waals surface area contributed by atoms with E-state index in [4.69, 9.17) is 0 Å². The largest absolute Gasteiger partial charge is 0.389 e. The van der Waals surface area contributed by atoms with Gasteiger partial charge in [0.15, 0.2) is 5.82 Å². The number of piperidine rings is 1. The Bertz CT molecular complexity index is 339. The molecule has 84 valence electrons. The van der Waals surface area contributed by atoms with Crippen molar-refractivity contribution in [3.63, 3.8) is 0 Å². The average molecular weight is 211 g/mol. The molecule has 6 nitrogen and oxygen atoms in total. The van der Waals surface area contributed by atoms with Crippen molar-refractivity contribution in [3.8, 4) is 0 Å². The first-order valence-corrected chi connectivity index (χ1v) is 5.26. The van der Waals surface area contributed by atoms with Crippen LogP contribution in [0.5, 0.6) is 0 Å². The molecule has 2 unspecified atom stereocenters. The van der Waals surface area contributed by atoms with E-state index in [1.54, 1.807) is 7.05 Å². The average Bonchev–Trinajstić information content (AvgIpc) is 2.57. The first kappa shape index (κ1) is 10.5. The molecule has 1 aliphatic heterocycles. The molecular weight excluding hydrogens is 194 g/mol. The Morgan fingerprint density at radius 1 is 1.67 bits per heavy atom. The number of aromatic nitrogens is 4. The van der Waals surface area contributed by atoms with Gasteiger partial charge in [0.05, 0.1) is 12.6 Å². The molecule has 2 atom stereocenters. The molecule has 15 heavy (non-hydrogen) atoms. The zero-order valence-corrected chi connectivity index (χ0v) is 9.14. The second kappa shape index (κ2) is 3.86. The summed E-state index contributed by atoms with van der Waals surface area (Å²) in [5.74, 6) is 0.837. The van der Waals surface area contributed by atoms with Crippen molar-refractivity contribution in [1.29, 1.82) is 0 Å². The van der Waals surface area contributed by atoms with Crippen LogP contribution in [0.4, 0.5) is 0 Å². The van der Waals surface area contributed by atoms with E-state index in [-0.39, 0.29) is 5.92 Å². The summed E-state index contributed by atoms with van der Waals surface area (Å²) >= 11 is 0. The van der Waals surface area contributed by atoms with Crippen molar-refractivity contribution in [2.24, 2.45) is 13.0 Å². The number of aryl methyl sites for hydroxylation is 1. The molecule has 2 N–H and O–H groups in total. The number of hydrogen-bond acceptors (Lipinski definition) is 5. The maximum Gasteiger partial charge on any atom is 0.177 e. The Morgan fingerprint density at radius 2 is 2.47 bits per heavy atom. The third-order valence-corrected chi connectivity index (χ3v) is 3.12. The third kappa shape index (κ3) is 2.15. The van der Waals surface area contributed by atoms with Crippen LogP contribution in [-0.4, -0.2) is 44.0 Å². The number of tetrazole rings is 1. The van der Waals surface area contributed by atoms with Crippen LogP contribution < -0.4 is 5.32 Å². The third-order valence-electron chi connectivity index (χ3n) is 3.12. The van der Waals surface area contributed by atoms with E-state index in [1.165, 1.54) is 4.80 Å². The van der Waals surface area contributed by atoms with Gasteiger partial charge in [-0.2, -0.15) is 4.80 Å². The van der Waals surface area contributed by atoms with Crippen LogP contribution in [0.15, 0.2) is 0 Å². The van der Waals surface area contributed by atoms with Crippen LogP contribution in [0, 0.1) is 5.92 Å². The normalized spacial score (nSPS) is 31.8. The zero-order chi connectivity index (χ0) is 10.9. The van der Waals surface area contributed by atoms with Gasteiger partial charge in [0.2, 0.25) is 0 Å². The number of rotatable bonds is 2. The van der Waals surface area contributed by atoms with Crippen molar-refractivity contribution in [2.75, 3.05) is 13.1 Å². The Kier molecular flexibility index (Phi) is 2.70. The van der Waals surface area contributed by atoms with E-state index < -0.39 is 5.60 Å². The van der Waals surface area contributed by atoms with Gasteiger partial charge < -0.3 is 10.4 Å². The second-order valence-corrected chi connectivity index (χ2v) is 4.33.